The van der Waals surface area contributed by atoms with Crippen molar-refractivity contribution < 1.29 is 0 Å². The standard InChI is InChI=1S/C19H14ClN3/c1-12-4-2-6-14(8-12)18-10-16(17(11-21)19(22)23-18)13-5-3-7-15(20)9-13/h2-10H,1H3,(H2,22,23). The van der Waals surface area contributed by atoms with Crippen molar-refractivity contribution in [3.05, 3.63) is 70.7 Å². The van der Waals surface area contributed by atoms with Gasteiger partial charge in [0, 0.05) is 16.1 Å². The summed E-state index contributed by atoms with van der Waals surface area (Å²) in [5, 5.41) is 10.0. The smallest absolute Gasteiger partial charge is 0.142 e. The zero-order valence-corrected chi connectivity index (χ0v) is 13.3. The molecule has 0 aliphatic rings. The first-order chi connectivity index (χ1) is 11.1. The highest BCUT2D eigenvalue weighted by Crippen LogP contribution is 2.32. The molecule has 2 N–H and O–H groups in total. The predicted octanol–water partition coefficient (Wildman–Crippen LogP) is 4.83. The molecule has 112 valence electrons. The first kappa shape index (κ1) is 15.1. The number of aryl methyl sites for hydroxylation is 1. The number of nitrogen functional groups attached to an aromatic ring is 1. The zero-order valence-electron chi connectivity index (χ0n) is 12.5. The highest BCUT2D eigenvalue weighted by molar-refractivity contribution is 6.30. The van der Waals surface area contributed by atoms with Crippen molar-refractivity contribution in [3.8, 4) is 28.5 Å². The van der Waals surface area contributed by atoms with Crippen LogP contribution in [0, 0.1) is 18.3 Å². The topological polar surface area (TPSA) is 62.7 Å². The Morgan fingerprint density at radius 3 is 2.48 bits per heavy atom. The third-order valence-electron chi connectivity index (χ3n) is 3.61. The number of nitrogens with two attached hydrogens (primary N) is 1. The molecule has 3 nitrogen and oxygen atoms in total. The van der Waals surface area contributed by atoms with Crippen LogP contribution in [0.5, 0.6) is 0 Å². The highest BCUT2D eigenvalue weighted by Gasteiger charge is 2.13. The minimum Gasteiger partial charge on any atom is -0.383 e. The molecule has 1 heterocycles. The number of pyridine rings is 1. The number of nitriles is 1. The Kier molecular flexibility index (Phi) is 4.01. The normalized spacial score (nSPS) is 10.3. The molecule has 0 aliphatic heterocycles. The largest absolute Gasteiger partial charge is 0.383 e. The van der Waals surface area contributed by atoms with Crippen LogP contribution in [0.2, 0.25) is 5.02 Å². The third kappa shape index (κ3) is 3.03. The number of anilines is 1. The van der Waals surface area contributed by atoms with E-state index in [1.807, 2.05) is 55.5 Å². The Labute approximate surface area is 140 Å². The molecule has 0 radical (unpaired) electrons. The second kappa shape index (κ2) is 6.12. The van der Waals surface area contributed by atoms with Crippen molar-refractivity contribution >= 4 is 17.4 Å². The lowest BCUT2D eigenvalue weighted by Gasteiger charge is -2.11. The van der Waals surface area contributed by atoms with Gasteiger partial charge in [0.2, 0.25) is 0 Å². The molecule has 1 aromatic heterocycles. The molecule has 0 spiro atoms. The van der Waals surface area contributed by atoms with Gasteiger partial charge in [-0.25, -0.2) is 4.98 Å². The van der Waals surface area contributed by atoms with E-state index in [0.29, 0.717) is 10.6 Å². The summed E-state index contributed by atoms with van der Waals surface area (Å²) in [6.07, 6.45) is 0. The quantitative estimate of drug-likeness (QED) is 0.735. The van der Waals surface area contributed by atoms with E-state index in [-0.39, 0.29) is 5.82 Å². The van der Waals surface area contributed by atoms with E-state index < -0.39 is 0 Å². The van der Waals surface area contributed by atoms with Gasteiger partial charge in [-0.3, -0.25) is 0 Å². The van der Waals surface area contributed by atoms with Crippen LogP contribution in [0.15, 0.2) is 54.6 Å². The third-order valence-corrected chi connectivity index (χ3v) is 3.84. The lowest BCUT2D eigenvalue weighted by molar-refractivity contribution is 1.30. The molecule has 0 saturated carbocycles. The van der Waals surface area contributed by atoms with E-state index in [1.54, 1.807) is 6.07 Å². The Morgan fingerprint density at radius 2 is 1.78 bits per heavy atom. The van der Waals surface area contributed by atoms with Gasteiger partial charge in [0.1, 0.15) is 17.5 Å². The van der Waals surface area contributed by atoms with E-state index in [9.17, 15) is 5.26 Å². The average molecular weight is 320 g/mol. The van der Waals surface area contributed by atoms with Crippen LogP contribution in [0.4, 0.5) is 5.82 Å². The van der Waals surface area contributed by atoms with Gasteiger partial charge in [-0.15, -0.1) is 0 Å². The summed E-state index contributed by atoms with van der Waals surface area (Å²) < 4.78 is 0. The number of benzene rings is 2. The van der Waals surface area contributed by atoms with E-state index in [0.717, 1.165) is 27.9 Å². The van der Waals surface area contributed by atoms with Crippen LogP contribution in [0.3, 0.4) is 0 Å². The van der Waals surface area contributed by atoms with Crippen LogP contribution in [-0.2, 0) is 0 Å². The Balaban J connectivity index is 2.25. The number of hydrogen-bond donors (Lipinski definition) is 1. The summed E-state index contributed by atoms with van der Waals surface area (Å²) in [4.78, 5) is 4.39. The molecule has 0 aliphatic carbocycles. The summed E-state index contributed by atoms with van der Waals surface area (Å²) in [6, 6.07) is 19.4. The first-order valence-corrected chi connectivity index (χ1v) is 7.50. The SMILES string of the molecule is Cc1cccc(-c2cc(-c3cccc(Cl)c3)c(C#N)c(N)n2)c1. The lowest BCUT2D eigenvalue weighted by Crippen LogP contribution is -1.99. The highest BCUT2D eigenvalue weighted by atomic mass is 35.5. The van der Waals surface area contributed by atoms with Gasteiger partial charge >= 0.3 is 0 Å². The van der Waals surface area contributed by atoms with Crippen molar-refractivity contribution in [2.45, 2.75) is 6.92 Å². The molecule has 0 unspecified atom stereocenters. The summed E-state index contributed by atoms with van der Waals surface area (Å²) in [7, 11) is 0. The van der Waals surface area contributed by atoms with Crippen molar-refractivity contribution in [2.24, 2.45) is 0 Å². The van der Waals surface area contributed by atoms with Gasteiger partial charge in [-0.1, -0.05) is 47.5 Å². The van der Waals surface area contributed by atoms with Gasteiger partial charge < -0.3 is 5.73 Å². The van der Waals surface area contributed by atoms with E-state index in [2.05, 4.69) is 11.1 Å². The fourth-order valence-electron chi connectivity index (χ4n) is 2.52. The lowest BCUT2D eigenvalue weighted by atomic mass is 9.98. The monoisotopic (exact) mass is 319 g/mol. The molecule has 2 aromatic carbocycles. The molecule has 3 aromatic rings. The van der Waals surface area contributed by atoms with Gasteiger partial charge in [0.05, 0.1) is 5.69 Å². The van der Waals surface area contributed by atoms with Crippen LogP contribution in [0.25, 0.3) is 22.4 Å². The minimum atomic E-state index is 0.224. The average Bonchev–Trinajstić information content (AvgIpc) is 2.54. The van der Waals surface area contributed by atoms with Crippen LogP contribution in [-0.4, -0.2) is 4.98 Å². The Hall–Kier alpha value is -2.83. The maximum atomic E-state index is 9.43. The minimum absolute atomic E-state index is 0.224. The summed E-state index contributed by atoms with van der Waals surface area (Å²) >= 11 is 6.08. The second-order valence-electron chi connectivity index (χ2n) is 5.31. The van der Waals surface area contributed by atoms with Gasteiger partial charge in [0.25, 0.3) is 0 Å². The Morgan fingerprint density at radius 1 is 1.04 bits per heavy atom. The van der Waals surface area contributed by atoms with Crippen molar-refractivity contribution in [2.75, 3.05) is 5.73 Å². The number of nitrogens with zero attached hydrogens (tertiary/aromatic N) is 2. The van der Waals surface area contributed by atoms with Gasteiger partial charge in [-0.05, 0) is 36.8 Å². The molecule has 3 rings (SSSR count). The van der Waals surface area contributed by atoms with Crippen molar-refractivity contribution in [1.82, 2.24) is 4.98 Å². The maximum absolute atomic E-state index is 9.43. The number of rotatable bonds is 2. The molecule has 4 heteroatoms. The van der Waals surface area contributed by atoms with E-state index in [1.165, 1.54) is 0 Å². The summed E-state index contributed by atoms with van der Waals surface area (Å²) in [5.74, 6) is 0.224. The molecule has 0 amide bonds. The predicted molar refractivity (Wildman–Crippen MR) is 94.0 cm³/mol. The molecular formula is C19H14ClN3. The molecule has 0 fully saturated rings. The Bertz CT molecular complexity index is 926. The van der Waals surface area contributed by atoms with Crippen molar-refractivity contribution in [3.63, 3.8) is 0 Å². The van der Waals surface area contributed by atoms with Crippen LogP contribution in [0.1, 0.15) is 11.1 Å². The number of hydrogen-bond acceptors (Lipinski definition) is 3. The second-order valence-corrected chi connectivity index (χ2v) is 5.74. The fraction of sp³-hybridized carbons (Fsp3) is 0.0526. The molecule has 0 atom stereocenters. The first-order valence-electron chi connectivity index (χ1n) is 7.12. The maximum Gasteiger partial charge on any atom is 0.142 e. The van der Waals surface area contributed by atoms with Crippen LogP contribution < -0.4 is 5.73 Å². The van der Waals surface area contributed by atoms with Gasteiger partial charge in [-0.2, -0.15) is 5.26 Å². The van der Waals surface area contributed by atoms with E-state index in [4.69, 9.17) is 17.3 Å². The zero-order chi connectivity index (χ0) is 16.4. The molecule has 0 saturated heterocycles. The van der Waals surface area contributed by atoms with Crippen molar-refractivity contribution in [1.29, 1.82) is 5.26 Å². The molecular weight excluding hydrogens is 306 g/mol. The number of aromatic nitrogens is 1. The van der Waals surface area contributed by atoms with Gasteiger partial charge in [0.15, 0.2) is 0 Å². The molecule has 0 bridgehead atoms. The van der Waals surface area contributed by atoms with E-state index >= 15 is 0 Å². The summed E-state index contributed by atoms with van der Waals surface area (Å²) in [5.41, 5.74) is 10.8. The fourth-order valence-corrected chi connectivity index (χ4v) is 2.71. The number of halogens is 1. The van der Waals surface area contributed by atoms with Crippen LogP contribution >= 0.6 is 11.6 Å². The summed E-state index contributed by atoms with van der Waals surface area (Å²) in [6.45, 7) is 2.02. The molecule has 23 heavy (non-hydrogen) atoms.